The highest BCUT2D eigenvalue weighted by molar-refractivity contribution is 7.13. The number of carboxylic acid groups (broad SMARTS) is 1. The van der Waals surface area contributed by atoms with Crippen LogP contribution in [0.15, 0.2) is 29.8 Å². The van der Waals surface area contributed by atoms with Gasteiger partial charge in [0.2, 0.25) is 17.7 Å². The van der Waals surface area contributed by atoms with Crippen LogP contribution in [0.5, 0.6) is 0 Å². The Morgan fingerprint density at radius 1 is 0.940 bits per heavy atom. The van der Waals surface area contributed by atoms with E-state index >= 15 is 0 Å². The van der Waals surface area contributed by atoms with Gasteiger partial charge in [0.05, 0.1) is 75.0 Å². The number of carbonyl (C=O) groups excluding carboxylic acids is 3. The van der Waals surface area contributed by atoms with Crippen molar-refractivity contribution in [3.63, 3.8) is 0 Å². The van der Waals surface area contributed by atoms with E-state index in [4.69, 9.17) is 28.8 Å². The number of thiazole rings is 1. The van der Waals surface area contributed by atoms with Crippen LogP contribution < -0.4 is 10.2 Å². The number of benzene rings is 1. The average Bonchev–Trinajstić information content (AvgIpc) is 3.68. The predicted octanol–water partition coefficient (Wildman–Crippen LogP) is 1.74. The van der Waals surface area contributed by atoms with Crippen molar-refractivity contribution in [1.29, 1.82) is 0 Å². The van der Waals surface area contributed by atoms with Crippen LogP contribution in [0, 0.1) is 12.3 Å². The molecule has 3 atom stereocenters. The van der Waals surface area contributed by atoms with Crippen molar-refractivity contribution in [3.8, 4) is 10.4 Å². The minimum absolute atomic E-state index is 0.0245. The third-order valence-electron chi connectivity index (χ3n) is 7.81. The van der Waals surface area contributed by atoms with Gasteiger partial charge in [-0.05, 0) is 30.0 Å². The van der Waals surface area contributed by atoms with Gasteiger partial charge in [0.1, 0.15) is 25.3 Å². The molecule has 2 heterocycles. The molecule has 1 aromatic carbocycles. The zero-order valence-electron chi connectivity index (χ0n) is 29.4. The highest BCUT2D eigenvalue weighted by atomic mass is 32.1. The molecule has 1 saturated heterocycles. The number of anilines is 1. The number of carboxylic acids is 1. The van der Waals surface area contributed by atoms with Crippen molar-refractivity contribution < 1.29 is 53.1 Å². The van der Waals surface area contributed by atoms with Gasteiger partial charge in [-0.1, -0.05) is 32.9 Å². The van der Waals surface area contributed by atoms with Crippen LogP contribution in [0.4, 0.5) is 5.69 Å². The number of aliphatic hydroxyl groups is 1. The quantitative estimate of drug-likeness (QED) is 0.159. The molecule has 0 aliphatic carbocycles. The second-order valence-corrected chi connectivity index (χ2v) is 13.7. The normalized spacial score (nSPS) is 16.7. The fraction of sp³-hybridized carbons (Fsp3) is 0.618. The van der Waals surface area contributed by atoms with Crippen molar-refractivity contribution in [3.05, 3.63) is 35.5 Å². The molecule has 0 saturated carbocycles. The number of aliphatic carboxylic acids is 1. The topological polar surface area (TPSA) is 186 Å². The number of carbonyl (C=O) groups is 4. The average molecular weight is 723 g/mol. The molecule has 1 aromatic heterocycles. The molecule has 3 N–H and O–H groups in total. The lowest BCUT2D eigenvalue weighted by atomic mass is 9.85. The molecule has 3 rings (SSSR count). The number of nitrogens with one attached hydrogen (secondary N) is 1. The molecule has 50 heavy (non-hydrogen) atoms. The molecule has 2 aromatic rings. The molecule has 1 aliphatic heterocycles. The van der Waals surface area contributed by atoms with Gasteiger partial charge in [-0.25, -0.2) is 9.78 Å². The van der Waals surface area contributed by atoms with Gasteiger partial charge in [0, 0.05) is 25.7 Å². The van der Waals surface area contributed by atoms with Crippen LogP contribution in [0.1, 0.15) is 32.9 Å². The zero-order valence-corrected chi connectivity index (χ0v) is 30.2. The Hall–Kier alpha value is -3.51. The Morgan fingerprint density at radius 3 is 1.98 bits per heavy atom. The highest BCUT2D eigenvalue weighted by Crippen LogP contribution is 2.31. The molecular weight excluding hydrogens is 672 g/mol. The van der Waals surface area contributed by atoms with Gasteiger partial charge in [-0.15, -0.1) is 11.3 Å². The minimum atomic E-state index is -1.03. The maximum absolute atomic E-state index is 13.9. The molecular formula is C34H50N4O11S. The maximum Gasteiger partial charge on any atom is 0.329 e. The first kappa shape index (κ1) is 40.9. The van der Waals surface area contributed by atoms with Crippen molar-refractivity contribution in [1.82, 2.24) is 15.2 Å². The summed E-state index contributed by atoms with van der Waals surface area (Å²) in [6.07, 6.45) is -0.792. The first-order valence-corrected chi connectivity index (χ1v) is 17.3. The Bertz CT molecular complexity index is 1380. The predicted molar refractivity (Wildman–Crippen MR) is 185 cm³/mol. The Labute approximate surface area is 296 Å². The lowest BCUT2D eigenvalue weighted by Gasteiger charge is -2.36. The van der Waals surface area contributed by atoms with Gasteiger partial charge in [0.15, 0.2) is 0 Å². The molecule has 0 unspecified atom stereocenters. The van der Waals surface area contributed by atoms with Gasteiger partial charge in [0.25, 0.3) is 0 Å². The smallest absolute Gasteiger partial charge is 0.329 e. The number of nitrogens with zero attached hydrogens (tertiary/aromatic N) is 3. The largest absolute Gasteiger partial charge is 0.480 e. The molecule has 16 heteroatoms. The summed E-state index contributed by atoms with van der Waals surface area (Å²) in [5.41, 5.74) is 3.66. The number of amides is 3. The number of hydrogen-bond donors (Lipinski definition) is 3. The van der Waals surface area contributed by atoms with Crippen molar-refractivity contribution >= 4 is 40.7 Å². The molecule has 0 bridgehead atoms. The van der Waals surface area contributed by atoms with E-state index in [0.717, 1.165) is 16.1 Å². The second kappa shape index (κ2) is 20.4. The van der Waals surface area contributed by atoms with E-state index in [-0.39, 0.29) is 58.5 Å². The monoisotopic (exact) mass is 722 g/mol. The van der Waals surface area contributed by atoms with Crippen LogP contribution in [-0.4, -0.2) is 142 Å². The van der Waals surface area contributed by atoms with Gasteiger partial charge < -0.3 is 49.0 Å². The van der Waals surface area contributed by atoms with Gasteiger partial charge >= 0.3 is 5.97 Å². The number of ether oxygens (including phenoxy) is 5. The Balaban J connectivity index is 1.41. The fourth-order valence-corrected chi connectivity index (χ4v) is 5.99. The minimum Gasteiger partial charge on any atom is -0.480 e. The van der Waals surface area contributed by atoms with E-state index in [9.17, 15) is 24.3 Å². The number of aryl methyl sites for hydroxylation is 1. The van der Waals surface area contributed by atoms with Crippen molar-refractivity contribution in [2.24, 2.45) is 5.41 Å². The first-order valence-electron chi connectivity index (χ1n) is 16.5. The highest BCUT2D eigenvalue weighted by Gasteiger charge is 2.45. The number of likely N-dealkylation sites (tertiary alicyclic amines) is 1. The maximum atomic E-state index is 13.9. The molecule has 1 aliphatic rings. The summed E-state index contributed by atoms with van der Waals surface area (Å²) in [5, 5.41) is 21.8. The first-order chi connectivity index (χ1) is 23.8. The summed E-state index contributed by atoms with van der Waals surface area (Å²) < 4.78 is 26.4. The van der Waals surface area contributed by atoms with Crippen LogP contribution in [0.2, 0.25) is 0 Å². The fourth-order valence-electron chi connectivity index (χ4n) is 5.18. The number of aromatic nitrogens is 1. The molecule has 1 fully saturated rings. The summed E-state index contributed by atoms with van der Waals surface area (Å²) in [4.78, 5) is 59.0. The van der Waals surface area contributed by atoms with Crippen molar-refractivity contribution in [2.45, 2.75) is 52.3 Å². The summed E-state index contributed by atoms with van der Waals surface area (Å²) in [6, 6.07) is 5.66. The van der Waals surface area contributed by atoms with Crippen LogP contribution in [0.3, 0.4) is 0 Å². The molecule has 0 radical (unpaired) electrons. The number of aliphatic hydroxyl groups excluding tert-OH is 1. The number of hydrogen-bond acceptors (Lipinski definition) is 12. The molecule has 0 spiro atoms. The van der Waals surface area contributed by atoms with E-state index in [1.807, 2.05) is 52.0 Å². The summed E-state index contributed by atoms with van der Waals surface area (Å²) in [5.74, 6) is -2.31. The summed E-state index contributed by atoms with van der Waals surface area (Å²) >= 11 is 1.54. The number of likely N-dealkylation sites (N-methyl/N-ethyl adjacent to an activating group) is 1. The van der Waals surface area contributed by atoms with Crippen LogP contribution >= 0.6 is 11.3 Å². The summed E-state index contributed by atoms with van der Waals surface area (Å²) in [6.45, 7) is 8.87. The van der Waals surface area contributed by atoms with E-state index < -0.39 is 41.4 Å². The summed E-state index contributed by atoms with van der Waals surface area (Å²) in [7, 11) is 1.64. The number of rotatable bonds is 21. The third-order valence-corrected chi connectivity index (χ3v) is 8.78. The Morgan fingerprint density at radius 2 is 1.48 bits per heavy atom. The van der Waals surface area contributed by atoms with Crippen LogP contribution in [0.25, 0.3) is 10.4 Å². The SMILES string of the molecule is Cc1ncsc1-c1ccc(N(C)C(=O)[C@@H]2C[C@@H](O)CN2C(=O)[C@@H](NC(=O)COCCOCCOCCOCCOCC(=O)O)C(C)(C)C)cc1. The molecule has 3 amide bonds. The van der Waals surface area contributed by atoms with E-state index in [1.54, 1.807) is 23.9 Å². The van der Waals surface area contributed by atoms with E-state index in [2.05, 4.69) is 10.3 Å². The van der Waals surface area contributed by atoms with Crippen LogP contribution in [-0.2, 0) is 42.9 Å². The zero-order chi connectivity index (χ0) is 36.7. The number of β-amino-alcohol motifs (C(OH)–C–C–N with tert-alkyl or cyclic N) is 1. The van der Waals surface area contributed by atoms with Crippen molar-refractivity contribution in [2.75, 3.05) is 84.6 Å². The van der Waals surface area contributed by atoms with Gasteiger partial charge in [-0.3, -0.25) is 14.4 Å². The van der Waals surface area contributed by atoms with E-state index in [1.165, 1.54) is 9.80 Å². The second-order valence-electron chi connectivity index (χ2n) is 12.8. The molecule has 15 nitrogen and oxygen atoms in total. The lowest BCUT2D eigenvalue weighted by molar-refractivity contribution is -0.144. The van der Waals surface area contributed by atoms with E-state index in [0.29, 0.717) is 32.1 Å². The lowest BCUT2D eigenvalue weighted by Crippen LogP contribution is -2.58. The molecule has 278 valence electrons. The van der Waals surface area contributed by atoms with Gasteiger partial charge in [-0.2, -0.15) is 0 Å². The standard InChI is InChI=1S/C34H50N4O11S/c1-23-30(50-22-35-23)24-6-8-25(9-7-24)37(5)32(43)27-18-26(39)19-38(27)33(44)31(34(2,3)4)36-28(40)20-48-16-14-46-12-10-45-11-13-47-15-17-49-21-29(41)42/h6-9,22,26-27,31,39H,10-21H2,1-5H3,(H,36,40)(H,41,42)/t26-,27+,31-/m1/s1. The third kappa shape index (κ3) is 13.0. The Kier molecular flexibility index (Phi) is 16.7.